The summed E-state index contributed by atoms with van der Waals surface area (Å²) in [6, 6.07) is 22.8. The van der Waals surface area contributed by atoms with Gasteiger partial charge < -0.3 is 24.6 Å². The van der Waals surface area contributed by atoms with Crippen LogP contribution < -0.4 is 14.8 Å². The van der Waals surface area contributed by atoms with Gasteiger partial charge in [-0.15, -0.1) is 0 Å². The number of aromatic hydroxyl groups is 1. The van der Waals surface area contributed by atoms with Gasteiger partial charge in [-0.05, 0) is 128 Å². The van der Waals surface area contributed by atoms with Crippen molar-refractivity contribution in [1.29, 1.82) is 0 Å². The van der Waals surface area contributed by atoms with Gasteiger partial charge in [0.1, 0.15) is 17.2 Å². The number of ether oxygens (including phenoxy) is 3. The molecule has 4 aliphatic rings. The van der Waals surface area contributed by atoms with Crippen molar-refractivity contribution < 1.29 is 24.1 Å². The highest BCUT2D eigenvalue weighted by Crippen LogP contribution is 2.62. The Balaban J connectivity index is 1.26. The molecule has 0 spiro atoms. The molecule has 222 valence electrons. The van der Waals surface area contributed by atoms with E-state index in [0.29, 0.717) is 17.9 Å². The number of amides is 1. The van der Waals surface area contributed by atoms with Crippen molar-refractivity contribution in [2.75, 3.05) is 25.8 Å². The smallest absolute Gasteiger partial charge is 0.255 e. The monoisotopic (exact) mass is 577 g/mol. The molecule has 8 rings (SSSR count). The molecule has 6 nitrogen and oxygen atoms in total. The summed E-state index contributed by atoms with van der Waals surface area (Å²) >= 11 is 0. The quantitative estimate of drug-likeness (QED) is 0.119. The number of hydrogen-bond donors (Lipinski definition) is 2. The number of hydrogen-bond acceptors (Lipinski definition) is 5. The molecule has 0 heterocycles. The Morgan fingerprint density at radius 2 is 1.58 bits per heavy atom. The normalized spacial score (nSPS) is 23.8. The van der Waals surface area contributed by atoms with Gasteiger partial charge in [0.15, 0.2) is 6.79 Å². The maximum Gasteiger partial charge on any atom is 0.255 e. The Labute approximate surface area is 253 Å². The molecule has 0 saturated heterocycles. The summed E-state index contributed by atoms with van der Waals surface area (Å²) in [6.07, 6.45) is 7.94. The number of nitrogens with one attached hydrogen (secondary N) is 1. The van der Waals surface area contributed by atoms with Gasteiger partial charge in [-0.1, -0.05) is 24.3 Å². The summed E-state index contributed by atoms with van der Waals surface area (Å²) in [5, 5.41) is 14.5. The van der Waals surface area contributed by atoms with Gasteiger partial charge >= 0.3 is 0 Å². The average molecular weight is 578 g/mol. The third-order valence-electron chi connectivity index (χ3n) is 9.97. The molecule has 0 radical (unpaired) electrons. The first kappa shape index (κ1) is 27.8. The van der Waals surface area contributed by atoms with Crippen LogP contribution in [0, 0.1) is 17.8 Å². The van der Waals surface area contributed by atoms with E-state index in [9.17, 15) is 9.90 Å². The number of carbonyl (C=O) groups is 1. The lowest BCUT2D eigenvalue weighted by atomic mass is 9.48. The predicted molar refractivity (Wildman–Crippen MR) is 169 cm³/mol. The number of methoxy groups -OCH3 is 1. The lowest BCUT2D eigenvalue weighted by Gasteiger charge is -2.57. The number of benzene rings is 4. The Hall–Kier alpha value is -4.03. The molecule has 4 bridgehead atoms. The zero-order valence-electron chi connectivity index (χ0n) is 24.9. The maximum absolute atomic E-state index is 12.9. The minimum absolute atomic E-state index is 0.156. The summed E-state index contributed by atoms with van der Waals surface area (Å²) < 4.78 is 18.1. The second-order valence-corrected chi connectivity index (χ2v) is 12.7. The highest BCUT2D eigenvalue weighted by atomic mass is 16.7. The van der Waals surface area contributed by atoms with Crippen molar-refractivity contribution in [1.82, 2.24) is 0 Å². The lowest BCUT2D eigenvalue weighted by Crippen LogP contribution is -2.48. The van der Waals surface area contributed by atoms with Crippen molar-refractivity contribution in [3.63, 3.8) is 0 Å². The fourth-order valence-corrected chi connectivity index (χ4v) is 8.46. The Kier molecular flexibility index (Phi) is 7.26. The molecule has 1 amide bonds. The fourth-order valence-electron chi connectivity index (χ4n) is 8.46. The molecule has 4 fully saturated rings. The van der Waals surface area contributed by atoms with Gasteiger partial charge in [0.25, 0.3) is 5.91 Å². The first-order valence-corrected chi connectivity index (χ1v) is 15.5. The number of phenols is 1. The first-order valence-electron chi connectivity index (χ1n) is 15.5. The molecular formula is C37H39NO5. The summed E-state index contributed by atoms with van der Waals surface area (Å²) in [5.74, 6) is 4.21. The average Bonchev–Trinajstić information content (AvgIpc) is 3.01. The van der Waals surface area contributed by atoms with E-state index in [1.54, 1.807) is 31.4 Å². The zero-order valence-corrected chi connectivity index (χ0v) is 24.9. The van der Waals surface area contributed by atoms with E-state index in [2.05, 4.69) is 29.6 Å². The van der Waals surface area contributed by atoms with Crippen LogP contribution in [0.1, 0.15) is 61.4 Å². The van der Waals surface area contributed by atoms with E-state index >= 15 is 0 Å². The minimum atomic E-state index is -0.212. The first-order chi connectivity index (χ1) is 20.9. The minimum Gasteiger partial charge on any atom is -0.508 e. The van der Waals surface area contributed by atoms with Gasteiger partial charge in [-0.2, -0.15) is 0 Å². The summed E-state index contributed by atoms with van der Waals surface area (Å²) in [4.78, 5) is 12.9. The Morgan fingerprint density at radius 1 is 0.907 bits per heavy atom. The van der Waals surface area contributed by atoms with Crippen molar-refractivity contribution in [3.05, 3.63) is 83.9 Å². The fraction of sp³-hybridized carbons (Fsp3) is 0.378. The van der Waals surface area contributed by atoms with Gasteiger partial charge in [-0.3, -0.25) is 4.79 Å². The number of rotatable bonds is 9. The molecule has 4 saturated carbocycles. The lowest BCUT2D eigenvalue weighted by molar-refractivity contribution is -0.00610. The van der Waals surface area contributed by atoms with Gasteiger partial charge in [0, 0.05) is 34.4 Å². The van der Waals surface area contributed by atoms with Crippen LogP contribution in [0.25, 0.3) is 21.9 Å². The van der Waals surface area contributed by atoms with E-state index in [-0.39, 0.29) is 23.9 Å². The highest BCUT2D eigenvalue weighted by molar-refractivity contribution is 6.05. The van der Waals surface area contributed by atoms with Crippen LogP contribution in [0.3, 0.4) is 0 Å². The van der Waals surface area contributed by atoms with E-state index in [4.69, 9.17) is 14.2 Å². The maximum atomic E-state index is 12.9. The Morgan fingerprint density at radius 3 is 2.21 bits per heavy atom. The number of phenolic OH excluding ortho intramolecular Hbond substituents is 1. The van der Waals surface area contributed by atoms with Crippen LogP contribution in [0.15, 0.2) is 72.8 Å². The van der Waals surface area contributed by atoms with Crippen LogP contribution in [0.5, 0.6) is 17.2 Å². The van der Waals surface area contributed by atoms with Crippen LogP contribution >= 0.6 is 0 Å². The predicted octanol–water partition coefficient (Wildman–Crippen LogP) is 8.31. The van der Waals surface area contributed by atoms with Crippen LogP contribution in [0.2, 0.25) is 0 Å². The van der Waals surface area contributed by atoms with E-state index in [0.717, 1.165) is 51.2 Å². The van der Waals surface area contributed by atoms with Crippen molar-refractivity contribution in [3.8, 4) is 28.4 Å². The molecule has 0 unspecified atom stereocenters. The molecular weight excluding hydrogens is 538 g/mol. The third kappa shape index (κ3) is 5.22. The van der Waals surface area contributed by atoms with Gasteiger partial charge in [-0.25, -0.2) is 0 Å². The molecule has 6 heteroatoms. The summed E-state index contributed by atoms with van der Waals surface area (Å²) in [5.41, 5.74) is 4.59. The Bertz CT molecular complexity index is 1610. The van der Waals surface area contributed by atoms with Gasteiger partial charge in [0.2, 0.25) is 0 Å². The molecule has 4 aliphatic carbocycles. The van der Waals surface area contributed by atoms with Gasteiger partial charge in [0.05, 0.1) is 7.11 Å². The molecule has 0 atom stereocenters. The molecule has 4 aromatic carbocycles. The number of carbonyl (C=O) groups excluding carboxylic acids is 1. The van der Waals surface area contributed by atoms with E-state index in [1.807, 2.05) is 31.2 Å². The topological polar surface area (TPSA) is 77.0 Å². The largest absolute Gasteiger partial charge is 0.508 e. The van der Waals surface area contributed by atoms with Crippen molar-refractivity contribution in [2.45, 2.75) is 50.9 Å². The zero-order chi connectivity index (χ0) is 29.6. The molecule has 0 aliphatic heterocycles. The third-order valence-corrected chi connectivity index (χ3v) is 9.97. The van der Waals surface area contributed by atoms with Crippen molar-refractivity contribution in [2.24, 2.45) is 17.8 Å². The summed E-state index contributed by atoms with van der Waals surface area (Å²) in [6.45, 7) is 2.69. The highest BCUT2D eigenvalue weighted by Gasteiger charge is 2.52. The molecule has 2 N–H and O–H groups in total. The van der Waals surface area contributed by atoms with Crippen LogP contribution in [-0.4, -0.2) is 31.5 Å². The molecule has 4 aromatic rings. The van der Waals surface area contributed by atoms with E-state index < -0.39 is 0 Å². The molecule has 43 heavy (non-hydrogen) atoms. The second kappa shape index (κ2) is 11.2. The van der Waals surface area contributed by atoms with E-state index in [1.165, 1.54) is 44.1 Å². The number of fused-ring (bicyclic) bond motifs is 1. The second-order valence-electron chi connectivity index (χ2n) is 12.7. The van der Waals surface area contributed by atoms with Crippen molar-refractivity contribution >= 4 is 22.4 Å². The van der Waals surface area contributed by atoms with Crippen LogP contribution in [0.4, 0.5) is 5.69 Å². The summed E-state index contributed by atoms with van der Waals surface area (Å²) in [7, 11) is 1.80. The standard InChI is InChI=1S/C37H39NO5/c1-3-42-22-43-35-31(26-4-6-27(7-5-26)36(40)38-29-9-11-30(39)12-10-29)13-8-28-17-34(41-2)33(18-32(28)35)37-19-23-14-24(20-37)16-25(15-23)21-37/h4-13,17-18,23-25,39H,3,14-16,19-22H2,1-2H3,(H,38,40). The SMILES string of the molecule is CCOCOc1c(-c2ccc(C(=O)Nc3ccc(O)cc3)cc2)ccc2cc(OC)c(C34CC5CC(CC(C5)C3)C4)cc12. The van der Waals surface area contributed by atoms with Crippen LogP contribution in [-0.2, 0) is 10.2 Å². The molecule has 0 aromatic heterocycles. The number of anilines is 1.